The van der Waals surface area contributed by atoms with Gasteiger partial charge in [-0.05, 0) is 31.5 Å². The number of aryl methyl sites for hydroxylation is 2. The lowest BCUT2D eigenvalue weighted by molar-refractivity contribution is 0.606. The lowest BCUT2D eigenvalue weighted by Gasteiger charge is -2.09. The molecule has 0 amide bonds. The largest absolute Gasteiger partial charge is 0.219 e. The van der Waals surface area contributed by atoms with E-state index < -0.39 is 9.84 Å². The first kappa shape index (κ1) is 13.6. The Balaban J connectivity index is 2.45. The molecular weight excluding hydrogens is 256 g/mol. The van der Waals surface area contributed by atoms with Gasteiger partial charge in [0.25, 0.3) is 0 Å². The minimum atomic E-state index is -3.52. The summed E-state index contributed by atoms with van der Waals surface area (Å²) in [5.41, 5.74) is 2.68. The Kier molecular flexibility index (Phi) is 3.58. The van der Waals surface area contributed by atoms with Gasteiger partial charge < -0.3 is 0 Å². The highest BCUT2D eigenvalue weighted by molar-refractivity contribution is 8.00. The molecule has 0 unspecified atom stereocenters. The second-order valence-electron chi connectivity index (χ2n) is 4.61. The van der Waals surface area contributed by atoms with E-state index in [4.69, 9.17) is 0 Å². The van der Waals surface area contributed by atoms with Crippen molar-refractivity contribution < 1.29 is 8.42 Å². The summed E-state index contributed by atoms with van der Waals surface area (Å²) in [5, 5.41) is 0. The van der Waals surface area contributed by atoms with Gasteiger partial charge in [0, 0.05) is 0 Å². The van der Waals surface area contributed by atoms with Gasteiger partial charge in [-0.25, -0.2) is 8.42 Å². The average molecular weight is 272 g/mol. The predicted octanol–water partition coefficient (Wildman–Crippen LogP) is 3.75. The van der Waals surface area contributed by atoms with E-state index in [1.165, 1.54) is 0 Å². The molecule has 0 spiro atoms. The van der Waals surface area contributed by atoms with Crippen molar-refractivity contribution in [3.8, 4) is 0 Å². The minimum absolute atomic E-state index is 0.139. The van der Waals surface area contributed by atoms with Crippen LogP contribution in [0.5, 0.6) is 0 Å². The molecule has 19 heavy (non-hydrogen) atoms. The van der Waals surface area contributed by atoms with E-state index in [0.717, 1.165) is 11.1 Å². The van der Waals surface area contributed by atoms with Gasteiger partial charge in [-0.15, -0.1) is 0 Å². The van der Waals surface area contributed by atoms with Crippen LogP contribution >= 0.6 is 0 Å². The van der Waals surface area contributed by atoms with Gasteiger partial charge >= 0.3 is 0 Å². The Morgan fingerprint density at radius 3 is 2.16 bits per heavy atom. The van der Waals surface area contributed by atoms with E-state index in [9.17, 15) is 8.42 Å². The van der Waals surface area contributed by atoms with E-state index in [2.05, 4.69) is 6.58 Å². The standard InChI is InChI=1S/C16H16O2S/c1-12-7-9-16(10-8-12)19(17,18)14(3)15-6-4-5-13(2)11-15/h4-11H,3H2,1-2H3. The Labute approximate surface area is 114 Å². The molecule has 0 heterocycles. The van der Waals surface area contributed by atoms with Crippen LogP contribution in [0.1, 0.15) is 16.7 Å². The summed E-state index contributed by atoms with van der Waals surface area (Å²) in [7, 11) is -3.52. The summed E-state index contributed by atoms with van der Waals surface area (Å²) in [6.07, 6.45) is 0. The van der Waals surface area contributed by atoms with Crippen LogP contribution in [0.2, 0.25) is 0 Å². The fourth-order valence-electron chi connectivity index (χ4n) is 1.83. The molecule has 0 aromatic heterocycles. The van der Waals surface area contributed by atoms with Gasteiger partial charge in [-0.2, -0.15) is 0 Å². The van der Waals surface area contributed by atoms with Crippen LogP contribution < -0.4 is 0 Å². The number of sulfone groups is 1. The van der Waals surface area contributed by atoms with Gasteiger partial charge in [0.15, 0.2) is 0 Å². The molecule has 3 heteroatoms. The first-order valence-electron chi connectivity index (χ1n) is 5.99. The third kappa shape index (κ3) is 2.76. The molecule has 0 aliphatic heterocycles. The van der Waals surface area contributed by atoms with E-state index in [-0.39, 0.29) is 9.80 Å². The third-order valence-electron chi connectivity index (χ3n) is 3.00. The fourth-order valence-corrected chi connectivity index (χ4v) is 3.05. The van der Waals surface area contributed by atoms with Gasteiger partial charge in [-0.3, -0.25) is 0 Å². The molecule has 0 radical (unpaired) electrons. The van der Waals surface area contributed by atoms with Crippen molar-refractivity contribution in [1.82, 2.24) is 0 Å². The van der Waals surface area contributed by atoms with Crippen molar-refractivity contribution in [2.45, 2.75) is 18.7 Å². The summed E-state index contributed by atoms with van der Waals surface area (Å²) in [6.45, 7) is 7.60. The lowest BCUT2D eigenvalue weighted by Crippen LogP contribution is -2.03. The van der Waals surface area contributed by atoms with Crippen molar-refractivity contribution >= 4 is 14.7 Å². The number of benzene rings is 2. The zero-order valence-electron chi connectivity index (χ0n) is 11.1. The molecule has 0 aliphatic carbocycles. The molecule has 0 aliphatic rings. The zero-order chi connectivity index (χ0) is 14.0. The molecule has 0 saturated carbocycles. The van der Waals surface area contributed by atoms with Gasteiger partial charge in [-0.1, -0.05) is 54.1 Å². The van der Waals surface area contributed by atoms with Crippen molar-refractivity contribution in [1.29, 1.82) is 0 Å². The first-order chi connectivity index (χ1) is 8.91. The van der Waals surface area contributed by atoms with Gasteiger partial charge in [0.1, 0.15) is 0 Å². The summed E-state index contributed by atoms with van der Waals surface area (Å²) in [5.74, 6) is 0. The fraction of sp³-hybridized carbons (Fsp3) is 0.125. The van der Waals surface area contributed by atoms with E-state index in [1.807, 2.05) is 32.0 Å². The summed E-state index contributed by atoms with van der Waals surface area (Å²) < 4.78 is 24.9. The van der Waals surface area contributed by atoms with Crippen LogP contribution in [0.4, 0.5) is 0 Å². The number of rotatable bonds is 3. The average Bonchev–Trinajstić information content (AvgIpc) is 2.38. The molecule has 2 aromatic rings. The second kappa shape index (κ2) is 5.02. The lowest BCUT2D eigenvalue weighted by atomic mass is 10.1. The maximum Gasteiger partial charge on any atom is 0.206 e. The van der Waals surface area contributed by atoms with Crippen molar-refractivity contribution in [3.63, 3.8) is 0 Å². The number of hydrogen-bond donors (Lipinski definition) is 0. The molecule has 2 rings (SSSR count). The normalized spacial score (nSPS) is 11.3. The molecule has 0 atom stereocenters. The van der Waals surface area contributed by atoms with Crippen LogP contribution in [-0.2, 0) is 9.84 Å². The van der Waals surface area contributed by atoms with Crippen LogP contribution in [0.3, 0.4) is 0 Å². The highest BCUT2D eigenvalue weighted by Crippen LogP contribution is 2.26. The smallest absolute Gasteiger partial charge is 0.206 e. The van der Waals surface area contributed by atoms with Crippen LogP contribution in [0, 0.1) is 13.8 Å². The summed E-state index contributed by atoms with van der Waals surface area (Å²) >= 11 is 0. The highest BCUT2D eigenvalue weighted by Gasteiger charge is 2.20. The first-order valence-corrected chi connectivity index (χ1v) is 7.47. The van der Waals surface area contributed by atoms with Crippen LogP contribution in [-0.4, -0.2) is 8.42 Å². The maximum atomic E-state index is 12.5. The SMILES string of the molecule is C=C(c1cccc(C)c1)S(=O)(=O)c1ccc(C)cc1. The summed E-state index contributed by atoms with van der Waals surface area (Å²) in [4.78, 5) is 0.421. The van der Waals surface area contributed by atoms with Crippen molar-refractivity contribution in [3.05, 3.63) is 71.8 Å². The highest BCUT2D eigenvalue weighted by atomic mass is 32.2. The van der Waals surface area contributed by atoms with E-state index in [0.29, 0.717) is 5.56 Å². The van der Waals surface area contributed by atoms with E-state index >= 15 is 0 Å². The topological polar surface area (TPSA) is 34.1 Å². The quantitative estimate of drug-likeness (QED) is 0.852. The Bertz CT molecular complexity index is 711. The molecule has 98 valence electrons. The Hall–Kier alpha value is -1.87. The van der Waals surface area contributed by atoms with Crippen molar-refractivity contribution in [2.24, 2.45) is 0 Å². The molecule has 2 nitrogen and oxygen atoms in total. The molecule has 0 fully saturated rings. The van der Waals surface area contributed by atoms with Gasteiger partial charge in [0.05, 0.1) is 9.80 Å². The van der Waals surface area contributed by atoms with Crippen LogP contribution in [0.25, 0.3) is 4.91 Å². The van der Waals surface area contributed by atoms with Crippen LogP contribution in [0.15, 0.2) is 60.0 Å². The summed E-state index contributed by atoms with van der Waals surface area (Å²) in [6, 6.07) is 14.2. The Morgan fingerprint density at radius 2 is 1.58 bits per heavy atom. The monoisotopic (exact) mass is 272 g/mol. The molecular formula is C16H16O2S. The number of hydrogen-bond acceptors (Lipinski definition) is 2. The second-order valence-corrected chi connectivity index (χ2v) is 6.58. The van der Waals surface area contributed by atoms with E-state index in [1.54, 1.807) is 30.3 Å². The molecule has 0 bridgehead atoms. The predicted molar refractivity (Wildman–Crippen MR) is 78.6 cm³/mol. The minimum Gasteiger partial charge on any atom is -0.219 e. The van der Waals surface area contributed by atoms with Crippen molar-refractivity contribution in [2.75, 3.05) is 0 Å². The molecule has 0 N–H and O–H groups in total. The third-order valence-corrected chi connectivity index (χ3v) is 4.77. The maximum absolute atomic E-state index is 12.5. The molecule has 2 aromatic carbocycles. The molecule has 0 saturated heterocycles. The zero-order valence-corrected chi connectivity index (χ0v) is 11.9. The van der Waals surface area contributed by atoms with Gasteiger partial charge in [0.2, 0.25) is 9.84 Å². The Morgan fingerprint density at radius 1 is 0.947 bits per heavy atom.